The molecule has 5 nitrogen and oxygen atoms in total. The maximum Gasteiger partial charge on any atom is 0.298 e. The molecule has 2 aromatic carbocycles. The molecule has 1 heterocycles. The summed E-state index contributed by atoms with van der Waals surface area (Å²) in [6.07, 6.45) is 1.69. The fraction of sp³-hybridized carbons (Fsp3) is 0.158. The van der Waals surface area contributed by atoms with Crippen molar-refractivity contribution in [1.82, 2.24) is 0 Å². The van der Waals surface area contributed by atoms with E-state index in [0.717, 1.165) is 17.3 Å². The summed E-state index contributed by atoms with van der Waals surface area (Å²) >= 11 is 0.926. The predicted molar refractivity (Wildman–Crippen MR) is 99.1 cm³/mol. The number of hydrogen-bond donors (Lipinski definition) is 0. The van der Waals surface area contributed by atoms with E-state index >= 15 is 0 Å². The standard InChI is InChI=1S/C19H17NO4S/c1-3-24-15-10-9-13(11-16(15)23-2)12-17-18(21)20(19(22)25-17)14-7-5-4-6-8-14/h4-12H,3H2,1-2H3/b17-12+. The third-order valence-electron chi connectivity index (χ3n) is 3.59. The third kappa shape index (κ3) is 3.53. The monoisotopic (exact) mass is 355 g/mol. The van der Waals surface area contributed by atoms with Crippen molar-refractivity contribution in [3.8, 4) is 11.5 Å². The molecule has 1 aliphatic heterocycles. The van der Waals surface area contributed by atoms with Crippen molar-refractivity contribution in [3.63, 3.8) is 0 Å². The Kier molecular flexibility index (Phi) is 5.09. The molecular weight excluding hydrogens is 338 g/mol. The van der Waals surface area contributed by atoms with Crippen molar-refractivity contribution < 1.29 is 19.1 Å². The molecule has 0 aliphatic carbocycles. The summed E-state index contributed by atoms with van der Waals surface area (Å²) in [5, 5.41) is -0.305. The highest BCUT2D eigenvalue weighted by atomic mass is 32.2. The van der Waals surface area contributed by atoms with Gasteiger partial charge in [0.25, 0.3) is 11.1 Å². The molecule has 2 amide bonds. The quantitative estimate of drug-likeness (QED) is 0.747. The zero-order valence-electron chi connectivity index (χ0n) is 13.9. The first-order chi connectivity index (χ1) is 12.1. The maximum atomic E-state index is 12.6. The summed E-state index contributed by atoms with van der Waals surface area (Å²) in [6, 6.07) is 14.3. The Balaban J connectivity index is 1.90. The van der Waals surface area contributed by atoms with Gasteiger partial charge in [-0.15, -0.1) is 0 Å². The van der Waals surface area contributed by atoms with E-state index in [1.165, 1.54) is 4.90 Å². The number of hydrogen-bond acceptors (Lipinski definition) is 5. The van der Waals surface area contributed by atoms with Crippen LogP contribution in [0.25, 0.3) is 6.08 Å². The van der Waals surface area contributed by atoms with Gasteiger partial charge in [-0.25, -0.2) is 4.90 Å². The van der Waals surface area contributed by atoms with Crippen LogP contribution in [0.15, 0.2) is 53.4 Å². The lowest BCUT2D eigenvalue weighted by molar-refractivity contribution is -0.113. The van der Waals surface area contributed by atoms with Crippen LogP contribution in [0.4, 0.5) is 10.5 Å². The van der Waals surface area contributed by atoms with E-state index < -0.39 is 0 Å². The van der Waals surface area contributed by atoms with Crippen molar-refractivity contribution in [2.24, 2.45) is 0 Å². The molecule has 0 spiro atoms. The van der Waals surface area contributed by atoms with E-state index in [-0.39, 0.29) is 11.1 Å². The van der Waals surface area contributed by atoms with Crippen LogP contribution in [0.3, 0.4) is 0 Å². The molecule has 6 heteroatoms. The largest absolute Gasteiger partial charge is 0.493 e. The first-order valence-corrected chi connectivity index (χ1v) is 8.59. The lowest BCUT2D eigenvalue weighted by Crippen LogP contribution is -2.27. The van der Waals surface area contributed by atoms with Crippen molar-refractivity contribution in [1.29, 1.82) is 0 Å². The fourth-order valence-electron chi connectivity index (χ4n) is 2.47. The summed E-state index contributed by atoms with van der Waals surface area (Å²) in [4.78, 5) is 26.4. The third-order valence-corrected chi connectivity index (χ3v) is 4.46. The molecule has 0 aromatic heterocycles. The lowest BCUT2D eigenvalue weighted by Gasteiger charge is -2.11. The van der Waals surface area contributed by atoms with Crippen molar-refractivity contribution in [2.75, 3.05) is 18.6 Å². The van der Waals surface area contributed by atoms with Crippen molar-refractivity contribution in [3.05, 3.63) is 59.0 Å². The van der Waals surface area contributed by atoms with E-state index in [9.17, 15) is 9.59 Å². The smallest absolute Gasteiger partial charge is 0.298 e. The molecule has 1 fully saturated rings. The molecule has 128 valence electrons. The number of nitrogens with zero attached hydrogens (tertiary/aromatic N) is 1. The number of benzene rings is 2. The van der Waals surface area contributed by atoms with Gasteiger partial charge in [-0.1, -0.05) is 24.3 Å². The molecule has 0 atom stereocenters. The number of carbonyl (C=O) groups is 2. The van der Waals surface area contributed by atoms with Gasteiger partial charge in [0, 0.05) is 0 Å². The Morgan fingerprint density at radius 3 is 2.52 bits per heavy atom. The van der Waals surface area contributed by atoms with Crippen LogP contribution in [0.2, 0.25) is 0 Å². The van der Waals surface area contributed by atoms with E-state index in [2.05, 4.69) is 0 Å². The first kappa shape index (κ1) is 17.1. The number of rotatable bonds is 5. The summed E-state index contributed by atoms with van der Waals surface area (Å²) in [5.74, 6) is 0.895. The van der Waals surface area contributed by atoms with Crippen LogP contribution in [0, 0.1) is 0 Å². The SMILES string of the molecule is CCOc1ccc(/C=C2/SC(=O)N(c3ccccc3)C2=O)cc1OC. The molecule has 1 aliphatic rings. The highest BCUT2D eigenvalue weighted by molar-refractivity contribution is 8.19. The van der Waals surface area contributed by atoms with Crippen LogP contribution < -0.4 is 14.4 Å². The van der Waals surface area contributed by atoms with Gasteiger partial charge in [-0.3, -0.25) is 9.59 Å². The van der Waals surface area contributed by atoms with Gasteiger partial charge in [0.05, 0.1) is 24.3 Å². The molecule has 2 aromatic rings. The topological polar surface area (TPSA) is 55.8 Å². The Labute approximate surface area is 150 Å². The lowest BCUT2D eigenvalue weighted by atomic mass is 10.2. The fourth-order valence-corrected chi connectivity index (χ4v) is 3.31. The number of amides is 2. The van der Waals surface area contributed by atoms with Crippen molar-refractivity contribution >= 4 is 34.7 Å². The van der Waals surface area contributed by atoms with Gasteiger partial charge in [0.1, 0.15) is 0 Å². The minimum absolute atomic E-state index is 0.305. The summed E-state index contributed by atoms with van der Waals surface area (Å²) < 4.78 is 10.8. The van der Waals surface area contributed by atoms with E-state index in [4.69, 9.17) is 9.47 Å². The van der Waals surface area contributed by atoms with Gasteiger partial charge >= 0.3 is 0 Å². The average molecular weight is 355 g/mol. The molecule has 0 bridgehead atoms. The average Bonchev–Trinajstić information content (AvgIpc) is 2.90. The number of imide groups is 1. The molecule has 1 saturated heterocycles. The molecule has 0 saturated carbocycles. The molecule has 25 heavy (non-hydrogen) atoms. The van der Waals surface area contributed by atoms with Crippen molar-refractivity contribution in [2.45, 2.75) is 6.92 Å². The van der Waals surface area contributed by atoms with Gasteiger partial charge in [-0.05, 0) is 54.6 Å². The second-order valence-electron chi connectivity index (χ2n) is 5.20. The van der Waals surface area contributed by atoms with E-state index in [1.54, 1.807) is 49.6 Å². The van der Waals surface area contributed by atoms with Crippen LogP contribution in [0.1, 0.15) is 12.5 Å². The Hall–Kier alpha value is -2.73. The molecular formula is C19H17NO4S. The van der Waals surface area contributed by atoms with Gasteiger partial charge in [0.2, 0.25) is 0 Å². The second kappa shape index (κ2) is 7.44. The minimum Gasteiger partial charge on any atom is -0.493 e. The first-order valence-electron chi connectivity index (χ1n) is 7.78. The Bertz CT molecular complexity index is 833. The molecule has 0 N–H and O–H groups in total. The van der Waals surface area contributed by atoms with Crippen LogP contribution in [-0.2, 0) is 4.79 Å². The maximum absolute atomic E-state index is 12.6. The van der Waals surface area contributed by atoms with Crippen LogP contribution >= 0.6 is 11.8 Å². The van der Waals surface area contributed by atoms with Crippen LogP contribution in [-0.4, -0.2) is 24.9 Å². The number of para-hydroxylation sites is 1. The molecule has 3 rings (SSSR count). The predicted octanol–water partition coefficient (Wildman–Crippen LogP) is 4.33. The van der Waals surface area contributed by atoms with Gasteiger partial charge < -0.3 is 9.47 Å². The molecule has 0 radical (unpaired) electrons. The summed E-state index contributed by atoms with van der Waals surface area (Å²) in [7, 11) is 1.56. The van der Waals surface area contributed by atoms with Crippen LogP contribution in [0.5, 0.6) is 11.5 Å². The number of ether oxygens (including phenoxy) is 2. The molecule has 0 unspecified atom stereocenters. The zero-order chi connectivity index (χ0) is 17.8. The Morgan fingerprint density at radius 2 is 1.84 bits per heavy atom. The second-order valence-corrected chi connectivity index (χ2v) is 6.19. The summed E-state index contributed by atoms with van der Waals surface area (Å²) in [6.45, 7) is 2.43. The van der Waals surface area contributed by atoms with E-state index in [0.29, 0.717) is 28.7 Å². The highest BCUT2D eigenvalue weighted by Gasteiger charge is 2.36. The minimum atomic E-state index is -0.325. The Morgan fingerprint density at radius 1 is 1.08 bits per heavy atom. The zero-order valence-corrected chi connectivity index (χ0v) is 14.7. The highest BCUT2D eigenvalue weighted by Crippen LogP contribution is 2.36. The number of methoxy groups -OCH3 is 1. The van der Waals surface area contributed by atoms with E-state index in [1.807, 2.05) is 19.1 Å². The van der Waals surface area contributed by atoms with Gasteiger partial charge in [-0.2, -0.15) is 0 Å². The normalized spacial score (nSPS) is 15.8. The number of thioether (sulfide) groups is 1. The number of anilines is 1. The number of carbonyl (C=O) groups excluding carboxylic acids is 2. The summed E-state index contributed by atoms with van der Waals surface area (Å²) in [5.41, 5.74) is 1.33. The van der Waals surface area contributed by atoms with Gasteiger partial charge in [0.15, 0.2) is 11.5 Å².